The Morgan fingerprint density at radius 3 is 2.47 bits per heavy atom. The van der Waals surface area contributed by atoms with Gasteiger partial charge in [0.2, 0.25) is 11.8 Å². The summed E-state index contributed by atoms with van der Waals surface area (Å²) in [6, 6.07) is 0. The topological polar surface area (TPSA) is 67.4 Å². The zero-order chi connectivity index (χ0) is 11.5. The zero-order valence-corrected chi connectivity index (χ0v) is 9.47. The van der Waals surface area contributed by atoms with Crippen molar-refractivity contribution in [1.29, 1.82) is 0 Å². The minimum absolute atomic E-state index is 0.0000510. The van der Waals surface area contributed by atoms with Crippen LogP contribution in [0.4, 0.5) is 0 Å². The number of nitrogens with one attached hydrogen (secondary N) is 2. The predicted octanol–water partition coefficient (Wildman–Crippen LogP) is 0.0554. The Labute approximate surface area is 90.6 Å². The second kappa shape index (κ2) is 9.45. The van der Waals surface area contributed by atoms with Crippen molar-refractivity contribution in [2.24, 2.45) is 0 Å². The summed E-state index contributed by atoms with van der Waals surface area (Å²) in [6.45, 7) is 5.64. The fourth-order valence-corrected chi connectivity index (χ4v) is 1.01. The summed E-state index contributed by atoms with van der Waals surface area (Å²) in [5.41, 5.74) is 0. The fraction of sp³-hybridized carbons (Fsp3) is 0.800. The molecule has 0 aliphatic heterocycles. The van der Waals surface area contributed by atoms with E-state index < -0.39 is 0 Å². The molecule has 0 atom stereocenters. The Kier molecular flexibility index (Phi) is 8.76. The van der Waals surface area contributed by atoms with Crippen LogP contribution >= 0.6 is 0 Å². The third-order valence-corrected chi connectivity index (χ3v) is 1.72. The molecule has 2 N–H and O–H groups in total. The maximum atomic E-state index is 11.2. The van der Waals surface area contributed by atoms with Crippen molar-refractivity contribution in [3.63, 3.8) is 0 Å². The van der Waals surface area contributed by atoms with Gasteiger partial charge in [0.25, 0.3) is 0 Å². The Morgan fingerprint density at radius 2 is 1.87 bits per heavy atom. The molecule has 0 rings (SSSR count). The van der Waals surface area contributed by atoms with Crippen molar-refractivity contribution in [3.05, 3.63) is 0 Å². The molecular weight excluding hydrogens is 196 g/mol. The number of rotatable bonds is 8. The number of ether oxygens (including phenoxy) is 1. The van der Waals surface area contributed by atoms with E-state index in [0.29, 0.717) is 32.7 Å². The number of carbonyl (C=O) groups excluding carboxylic acids is 2. The van der Waals surface area contributed by atoms with Crippen LogP contribution in [-0.4, -0.2) is 38.1 Å². The minimum atomic E-state index is -0.0828. The summed E-state index contributed by atoms with van der Waals surface area (Å²) in [5.74, 6) is -0.0827. The van der Waals surface area contributed by atoms with Crippen LogP contribution in [0.15, 0.2) is 0 Å². The van der Waals surface area contributed by atoms with Crippen LogP contribution in [0, 0.1) is 0 Å². The van der Waals surface area contributed by atoms with E-state index in [1.54, 1.807) is 0 Å². The third-order valence-electron chi connectivity index (χ3n) is 1.72. The summed E-state index contributed by atoms with van der Waals surface area (Å²) in [4.78, 5) is 21.7. The SMILES string of the molecule is CCOCCCC(=O)NCCNC(C)=O. The lowest BCUT2D eigenvalue weighted by Crippen LogP contribution is -2.33. The summed E-state index contributed by atoms with van der Waals surface area (Å²) in [7, 11) is 0. The second-order valence-corrected chi connectivity index (χ2v) is 3.13. The number of hydrogen-bond acceptors (Lipinski definition) is 3. The smallest absolute Gasteiger partial charge is 0.220 e. The highest BCUT2D eigenvalue weighted by molar-refractivity contribution is 5.76. The maximum Gasteiger partial charge on any atom is 0.220 e. The van der Waals surface area contributed by atoms with Gasteiger partial charge in [0.05, 0.1) is 0 Å². The maximum absolute atomic E-state index is 11.2. The molecule has 0 spiro atoms. The lowest BCUT2D eigenvalue weighted by atomic mass is 10.3. The van der Waals surface area contributed by atoms with Crippen molar-refractivity contribution >= 4 is 11.8 Å². The highest BCUT2D eigenvalue weighted by Crippen LogP contribution is 1.89. The Balaban J connectivity index is 3.22. The largest absolute Gasteiger partial charge is 0.382 e. The first-order valence-corrected chi connectivity index (χ1v) is 5.25. The predicted molar refractivity (Wildman–Crippen MR) is 57.4 cm³/mol. The molecule has 0 bridgehead atoms. The van der Waals surface area contributed by atoms with Crippen LogP contribution < -0.4 is 10.6 Å². The van der Waals surface area contributed by atoms with Gasteiger partial charge in [-0.2, -0.15) is 0 Å². The van der Waals surface area contributed by atoms with Gasteiger partial charge >= 0.3 is 0 Å². The summed E-state index contributed by atoms with van der Waals surface area (Å²) >= 11 is 0. The Bertz CT molecular complexity index is 195. The van der Waals surface area contributed by atoms with Gasteiger partial charge in [-0.15, -0.1) is 0 Å². The van der Waals surface area contributed by atoms with E-state index in [1.807, 2.05) is 6.92 Å². The van der Waals surface area contributed by atoms with Gasteiger partial charge in [0.15, 0.2) is 0 Å². The van der Waals surface area contributed by atoms with Crippen LogP contribution in [0.3, 0.4) is 0 Å². The Hall–Kier alpha value is -1.10. The van der Waals surface area contributed by atoms with Gasteiger partial charge in [0.1, 0.15) is 0 Å². The second-order valence-electron chi connectivity index (χ2n) is 3.13. The molecule has 0 fully saturated rings. The average Bonchev–Trinajstić information content (AvgIpc) is 2.19. The van der Waals surface area contributed by atoms with E-state index in [2.05, 4.69) is 10.6 Å². The van der Waals surface area contributed by atoms with Crippen molar-refractivity contribution in [1.82, 2.24) is 10.6 Å². The van der Waals surface area contributed by atoms with Gasteiger partial charge in [-0.3, -0.25) is 9.59 Å². The molecule has 0 aliphatic carbocycles. The van der Waals surface area contributed by atoms with Crippen molar-refractivity contribution in [2.45, 2.75) is 26.7 Å². The molecular formula is C10H20N2O3. The summed E-state index contributed by atoms with van der Waals surface area (Å²) in [5, 5.41) is 5.30. The fourth-order valence-electron chi connectivity index (χ4n) is 1.01. The molecule has 0 saturated heterocycles. The van der Waals surface area contributed by atoms with E-state index >= 15 is 0 Å². The minimum Gasteiger partial charge on any atom is -0.382 e. The molecule has 5 nitrogen and oxygen atoms in total. The highest BCUT2D eigenvalue weighted by atomic mass is 16.5. The first kappa shape index (κ1) is 13.9. The van der Waals surface area contributed by atoms with E-state index in [0.717, 1.165) is 6.42 Å². The normalized spacial score (nSPS) is 9.73. The van der Waals surface area contributed by atoms with Gasteiger partial charge < -0.3 is 15.4 Å². The first-order valence-electron chi connectivity index (χ1n) is 5.25. The van der Waals surface area contributed by atoms with Gasteiger partial charge in [-0.05, 0) is 13.3 Å². The third kappa shape index (κ3) is 10.8. The lowest BCUT2D eigenvalue weighted by Gasteiger charge is -2.05. The van der Waals surface area contributed by atoms with Gasteiger partial charge in [0, 0.05) is 39.6 Å². The van der Waals surface area contributed by atoms with Crippen LogP contribution in [-0.2, 0) is 14.3 Å². The number of hydrogen-bond donors (Lipinski definition) is 2. The van der Waals surface area contributed by atoms with Crippen LogP contribution in [0.1, 0.15) is 26.7 Å². The summed E-state index contributed by atoms with van der Waals surface area (Å²) in [6.07, 6.45) is 1.21. The zero-order valence-electron chi connectivity index (χ0n) is 9.47. The molecule has 0 radical (unpaired) electrons. The first-order chi connectivity index (χ1) is 7.16. The van der Waals surface area contributed by atoms with E-state index in [9.17, 15) is 9.59 Å². The molecule has 2 amide bonds. The van der Waals surface area contributed by atoms with E-state index in [-0.39, 0.29) is 11.8 Å². The molecule has 0 unspecified atom stereocenters. The molecule has 88 valence electrons. The van der Waals surface area contributed by atoms with E-state index in [1.165, 1.54) is 6.92 Å². The average molecular weight is 216 g/mol. The van der Waals surface area contributed by atoms with E-state index in [4.69, 9.17) is 4.74 Å². The van der Waals surface area contributed by atoms with Crippen molar-refractivity contribution < 1.29 is 14.3 Å². The molecule has 0 saturated carbocycles. The quantitative estimate of drug-likeness (QED) is 0.564. The monoisotopic (exact) mass is 216 g/mol. The summed E-state index contributed by atoms with van der Waals surface area (Å²) < 4.78 is 5.10. The molecule has 5 heteroatoms. The number of amides is 2. The molecule has 0 aliphatic rings. The van der Waals surface area contributed by atoms with Gasteiger partial charge in [-0.25, -0.2) is 0 Å². The molecule has 0 aromatic carbocycles. The van der Waals surface area contributed by atoms with Crippen LogP contribution in [0.25, 0.3) is 0 Å². The lowest BCUT2D eigenvalue weighted by molar-refractivity contribution is -0.122. The van der Waals surface area contributed by atoms with Crippen molar-refractivity contribution in [2.75, 3.05) is 26.3 Å². The molecule has 0 aromatic rings. The standard InChI is InChI=1S/C10H20N2O3/c1-3-15-8-4-5-10(14)12-7-6-11-9(2)13/h3-8H2,1-2H3,(H,11,13)(H,12,14). The van der Waals surface area contributed by atoms with Crippen molar-refractivity contribution in [3.8, 4) is 0 Å². The molecule has 0 heterocycles. The highest BCUT2D eigenvalue weighted by Gasteiger charge is 1.99. The molecule has 15 heavy (non-hydrogen) atoms. The molecule has 0 aromatic heterocycles. The Morgan fingerprint density at radius 1 is 1.20 bits per heavy atom. The van der Waals surface area contributed by atoms with Crippen LogP contribution in [0.5, 0.6) is 0 Å². The number of carbonyl (C=O) groups is 2. The van der Waals surface area contributed by atoms with Gasteiger partial charge in [-0.1, -0.05) is 0 Å². The van der Waals surface area contributed by atoms with Crippen LogP contribution in [0.2, 0.25) is 0 Å².